The fraction of sp³-hybridized carbons (Fsp3) is 0.393. The number of aromatic nitrogens is 2. The van der Waals surface area contributed by atoms with E-state index in [1.165, 1.54) is 16.2 Å². The number of hydrogen-bond donors (Lipinski definition) is 3. The first-order valence-electron chi connectivity index (χ1n) is 13.5. The summed E-state index contributed by atoms with van der Waals surface area (Å²) in [5, 5.41) is 15.7. The van der Waals surface area contributed by atoms with Gasteiger partial charge in [-0.1, -0.05) is 13.8 Å². The van der Waals surface area contributed by atoms with Crippen molar-refractivity contribution in [2.45, 2.75) is 32.7 Å². The molecule has 4 rings (SSSR count). The Balaban J connectivity index is 1.50. The number of nitrogens with zero attached hydrogens (tertiary/aromatic N) is 4. The van der Waals surface area contributed by atoms with Crippen molar-refractivity contribution < 1.29 is 24.2 Å². The Morgan fingerprint density at radius 2 is 1.98 bits per heavy atom. The molecule has 0 saturated carbocycles. The molecule has 0 aliphatic carbocycles. The summed E-state index contributed by atoms with van der Waals surface area (Å²) in [4.78, 5) is 50.4. The summed E-state index contributed by atoms with van der Waals surface area (Å²) < 4.78 is 6.29. The third-order valence-electron chi connectivity index (χ3n) is 6.70. The number of likely N-dealkylation sites (N-methyl/N-ethyl adjacent to an activating group) is 1. The molecule has 2 aromatic heterocycles. The number of anilines is 1. The molecular formula is C28H34AsN6O5S. The summed E-state index contributed by atoms with van der Waals surface area (Å²) in [6, 6.07) is 9.13. The minimum absolute atomic E-state index is 0.226. The van der Waals surface area contributed by atoms with E-state index < -0.39 is 21.8 Å². The van der Waals surface area contributed by atoms with Crippen molar-refractivity contribution in [2.24, 2.45) is 0 Å². The van der Waals surface area contributed by atoms with Crippen LogP contribution >= 0.6 is 11.3 Å². The van der Waals surface area contributed by atoms with E-state index in [1.54, 1.807) is 24.7 Å². The van der Waals surface area contributed by atoms with Crippen molar-refractivity contribution in [3.05, 3.63) is 54.5 Å². The first-order valence-corrected chi connectivity index (χ1v) is 16.2. The van der Waals surface area contributed by atoms with Gasteiger partial charge >= 0.3 is 219 Å². The van der Waals surface area contributed by atoms with E-state index in [4.69, 9.17) is 4.74 Å². The molecule has 13 heteroatoms. The van der Waals surface area contributed by atoms with Crippen LogP contribution in [-0.4, -0.2) is 103 Å². The fourth-order valence-corrected chi connectivity index (χ4v) is 6.98. The molecule has 0 bridgehead atoms. The number of thiophene rings is 1. The van der Waals surface area contributed by atoms with Gasteiger partial charge in [0.1, 0.15) is 0 Å². The summed E-state index contributed by atoms with van der Waals surface area (Å²) in [5.41, 5.74) is 1.23. The van der Waals surface area contributed by atoms with E-state index in [9.17, 15) is 19.5 Å². The third kappa shape index (κ3) is 8.76. The van der Waals surface area contributed by atoms with Crippen LogP contribution in [0.3, 0.4) is 0 Å². The molecular weight excluding hydrogens is 607 g/mol. The maximum absolute atomic E-state index is 13.4. The van der Waals surface area contributed by atoms with Gasteiger partial charge in [0.25, 0.3) is 0 Å². The molecule has 1 unspecified atom stereocenters. The number of rotatable bonds is 12. The topological polar surface area (TPSA) is 137 Å². The Kier molecular flexibility index (Phi) is 11.1. The monoisotopic (exact) mass is 641 g/mol. The molecule has 11 nitrogen and oxygen atoms in total. The van der Waals surface area contributed by atoms with E-state index in [1.807, 2.05) is 24.3 Å². The van der Waals surface area contributed by atoms with Crippen LogP contribution in [-0.2, 0) is 0 Å². The number of ether oxygens (including phenoxy) is 1. The van der Waals surface area contributed by atoms with Gasteiger partial charge in [-0.3, -0.25) is 0 Å². The van der Waals surface area contributed by atoms with Crippen LogP contribution in [0.25, 0.3) is 10.4 Å². The molecule has 1 saturated heterocycles. The summed E-state index contributed by atoms with van der Waals surface area (Å²) >= 11 is 0.353. The Bertz CT molecular complexity index is 1320. The zero-order valence-electron chi connectivity index (χ0n) is 23.1. The minimum atomic E-state index is -0.998. The molecule has 1 fully saturated rings. The molecule has 1 aliphatic rings. The van der Waals surface area contributed by atoms with Crippen LogP contribution in [0.1, 0.15) is 37.0 Å². The Morgan fingerprint density at radius 3 is 2.66 bits per heavy atom. The molecule has 1 aromatic carbocycles. The Hall–Kier alpha value is -3.47. The van der Waals surface area contributed by atoms with Crippen molar-refractivity contribution in [3.8, 4) is 16.2 Å². The molecule has 0 spiro atoms. The van der Waals surface area contributed by atoms with Gasteiger partial charge in [-0.15, -0.1) is 0 Å². The quantitative estimate of drug-likeness (QED) is 0.256. The molecule has 217 valence electrons. The van der Waals surface area contributed by atoms with Crippen molar-refractivity contribution in [2.75, 3.05) is 44.6 Å². The molecule has 1 atom stereocenters. The predicted molar refractivity (Wildman–Crippen MR) is 160 cm³/mol. The molecule has 1 radical (unpaired) electrons. The van der Waals surface area contributed by atoms with Crippen LogP contribution in [0.2, 0.25) is 0 Å². The Labute approximate surface area is 250 Å². The van der Waals surface area contributed by atoms with Crippen LogP contribution in [0.15, 0.2) is 48.9 Å². The standard InChI is InChI=1S/C28H34AsN6O5S/c1-3-34(4-2)14-15-40-21-9-7-19(8-10-21)23-16-22(25(36)32-20-6-5-13-35(18-20)28(38)39)26(41-23)33-27(37)29-24-17-30-11-12-31-24/h7-12,16-17,20H,3-6,13-15,18H2,1-2H3,(H,32,36)(H,33,37)(H,38,39). The van der Waals surface area contributed by atoms with Gasteiger partial charge in [0.15, 0.2) is 0 Å². The van der Waals surface area contributed by atoms with E-state index in [2.05, 4.69) is 39.3 Å². The number of hydrogen-bond acceptors (Lipinski definition) is 8. The average molecular weight is 642 g/mol. The van der Waals surface area contributed by atoms with Gasteiger partial charge in [-0.25, -0.2) is 0 Å². The number of likely N-dealkylation sites (tertiary alicyclic amines) is 1. The molecule has 3 heterocycles. The fourth-order valence-electron chi connectivity index (χ4n) is 4.45. The number of benzene rings is 1. The summed E-state index contributed by atoms with van der Waals surface area (Å²) in [6.07, 6.45) is 5.01. The molecule has 41 heavy (non-hydrogen) atoms. The van der Waals surface area contributed by atoms with Gasteiger partial charge in [-0.05, 0) is 13.1 Å². The van der Waals surface area contributed by atoms with E-state index in [0.29, 0.717) is 41.0 Å². The number of nitrogens with one attached hydrogen (secondary N) is 2. The van der Waals surface area contributed by atoms with Gasteiger partial charge in [-0.2, -0.15) is 0 Å². The molecule has 3 N–H and O–H groups in total. The molecule has 1 aliphatic heterocycles. The van der Waals surface area contributed by atoms with Gasteiger partial charge in [0, 0.05) is 0 Å². The maximum atomic E-state index is 13.4. The zero-order chi connectivity index (χ0) is 29.2. The summed E-state index contributed by atoms with van der Waals surface area (Å²) in [5.74, 6) is 0.407. The van der Waals surface area contributed by atoms with Crippen molar-refractivity contribution in [3.63, 3.8) is 0 Å². The second-order valence-corrected chi connectivity index (χ2v) is 12.7. The third-order valence-corrected chi connectivity index (χ3v) is 9.42. The number of piperidine rings is 1. The van der Waals surface area contributed by atoms with Gasteiger partial charge < -0.3 is 4.90 Å². The summed E-state index contributed by atoms with van der Waals surface area (Å²) in [7, 11) is 0. The average Bonchev–Trinajstić information content (AvgIpc) is 3.40. The number of amides is 3. The molecule has 3 aromatic rings. The van der Waals surface area contributed by atoms with Gasteiger partial charge in [0.05, 0.1) is 0 Å². The Morgan fingerprint density at radius 1 is 1.20 bits per heavy atom. The number of carbonyl (C=O) groups is 3. The van der Waals surface area contributed by atoms with Crippen molar-refractivity contribution in [1.82, 2.24) is 25.1 Å². The molecule has 3 amide bonds. The first kappa shape index (κ1) is 30.5. The second kappa shape index (κ2) is 15.0. The van der Waals surface area contributed by atoms with E-state index >= 15 is 0 Å². The zero-order valence-corrected chi connectivity index (χ0v) is 25.8. The van der Waals surface area contributed by atoms with Crippen molar-refractivity contribution in [1.29, 1.82) is 0 Å². The van der Waals surface area contributed by atoms with Crippen molar-refractivity contribution >= 4 is 53.3 Å². The predicted octanol–water partition coefficient (Wildman–Crippen LogP) is 3.36. The summed E-state index contributed by atoms with van der Waals surface area (Å²) in [6.45, 7) is 8.33. The normalized spacial score (nSPS) is 15.3. The van der Waals surface area contributed by atoms with Crippen LogP contribution in [0.5, 0.6) is 5.75 Å². The first-order chi connectivity index (χ1) is 19.9. The second-order valence-electron chi connectivity index (χ2n) is 9.40. The number of carbonyl (C=O) groups excluding carboxylic acids is 2. The van der Waals surface area contributed by atoms with Gasteiger partial charge in [0.2, 0.25) is 0 Å². The van der Waals surface area contributed by atoms with Crippen LogP contribution in [0, 0.1) is 0 Å². The van der Waals surface area contributed by atoms with E-state index in [0.717, 1.165) is 35.8 Å². The van der Waals surface area contributed by atoms with Crippen LogP contribution < -0.4 is 19.9 Å². The number of carboxylic acid groups (broad SMARTS) is 1. The SMILES string of the molecule is CCN(CC)CCOc1ccc(-c2cc(C(=O)NC3CCCN(C(=O)O)C3)c(NC(=O)[As]c3cnccn3)s2)cc1. The van der Waals surface area contributed by atoms with Crippen LogP contribution in [0.4, 0.5) is 14.6 Å². The van der Waals surface area contributed by atoms with E-state index in [-0.39, 0.29) is 23.2 Å².